The zero-order valence-corrected chi connectivity index (χ0v) is 13.4. The maximum Gasteiger partial charge on any atom is 0.233 e. The molecular weight excluding hydrogens is 310 g/mol. The highest BCUT2D eigenvalue weighted by atomic mass is 79.9. The minimum absolute atomic E-state index is 0.482. The minimum Gasteiger partial charge on any atom is -0.474 e. The van der Waals surface area contributed by atoms with E-state index in [1.54, 1.807) is 0 Å². The predicted molar refractivity (Wildman–Crippen MR) is 79.7 cm³/mol. The molecule has 1 aromatic rings. The monoisotopic (exact) mass is 331 g/mol. The lowest BCUT2D eigenvalue weighted by Gasteiger charge is -2.11. The van der Waals surface area contributed by atoms with Gasteiger partial charge in [-0.2, -0.15) is 0 Å². The summed E-state index contributed by atoms with van der Waals surface area (Å²) in [6.07, 6.45) is 2.53. The van der Waals surface area contributed by atoms with E-state index in [0.717, 1.165) is 29.9 Å². The zero-order valence-electron chi connectivity index (χ0n) is 11.8. The van der Waals surface area contributed by atoms with Crippen LogP contribution in [0, 0.1) is 5.92 Å². The fourth-order valence-electron chi connectivity index (χ4n) is 1.34. The van der Waals surface area contributed by atoms with Gasteiger partial charge in [0, 0.05) is 13.2 Å². The van der Waals surface area contributed by atoms with E-state index in [2.05, 4.69) is 52.0 Å². The van der Waals surface area contributed by atoms with Crippen molar-refractivity contribution in [1.82, 2.24) is 9.97 Å². The van der Waals surface area contributed by atoms with Crippen LogP contribution in [-0.4, -0.2) is 36.3 Å². The third kappa shape index (κ3) is 6.20. The smallest absolute Gasteiger partial charge is 0.233 e. The number of halogens is 1. The first-order valence-corrected chi connectivity index (χ1v) is 7.39. The molecule has 0 unspecified atom stereocenters. The molecule has 0 spiro atoms. The number of anilines is 1. The van der Waals surface area contributed by atoms with Crippen LogP contribution in [0.2, 0.25) is 0 Å². The van der Waals surface area contributed by atoms with E-state index in [0.29, 0.717) is 25.0 Å². The average Bonchev–Trinajstić information content (AvgIpc) is 2.38. The van der Waals surface area contributed by atoms with Crippen LogP contribution in [0.15, 0.2) is 10.8 Å². The SMILES string of the molecule is CCCNc1ncnc(OCCOCC(C)C)c1Br. The Morgan fingerprint density at radius 3 is 2.79 bits per heavy atom. The molecule has 6 heteroatoms. The molecule has 0 atom stereocenters. The van der Waals surface area contributed by atoms with Gasteiger partial charge in [0.15, 0.2) is 0 Å². The number of nitrogens with one attached hydrogen (secondary N) is 1. The standard InChI is InChI=1S/C13H22BrN3O2/c1-4-5-15-12-11(14)13(17-9-16-12)19-7-6-18-8-10(2)3/h9-10H,4-8H2,1-3H3,(H,15,16,17). The van der Waals surface area contributed by atoms with E-state index < -0.39 is 0 Å². The first kappa shape index (κ1) is 16.2. The summed E-state index contributed by atoms with van der Waals surface area (Å²) in [6, 6.07) is 0. The number of aromatic nitrogens is 2. The number of ether oxygens (including phenoxy) is 2. The van der Waals surface area contributed by atoms with Crippen LogP contribution in [0.1, 0.15) is 27.2 Å². The molecule has 1 heterocycles. The molecule has 0 aliphatic heterocycles. The summed E-state index contributed by atoms with van der Waals surface area (Å²) in [5.41, 5.74) is 0. The van der Waals surface area contributed by atoms with E-state index in [4.69, 9.17) is 9.47 Å². The maximum atomic E-state index is 5.58. The van der Waals surface area contributed by atoms with Gasteiger partial charge >= 0.3 is 0 Å². The molecule has 19 heavy (non-hydrogen) atoms. The third-order valence-electron chi connectivity index (χ3n) is 2.22. The van der Waals surface area contributed by atoms with Gasteiger partial charge in [-0.25, -0.2) is 9.97 Å². The molecule has 0 fully saturated rings. The fraction of sp³-hybridized carbons (Fsp3) is 0.692. The molecule has 108 valence electrons. The maximum absolute atomic E-state index is 5.58. The summed E-state index contributed by atoms with van der Waals surface area (Å²) in [6.45, 7) is 9.00. The van der Waals surface area contributed by atoms with Crippen molar-refractivity contribution >= 4 is 21.7 Å². The number of hydrogen-bond donors (Lipinski definition) is 1. The molecule has 0 aliphatic carbocycles. The van der Waals surface area contributed by atoms with Gasteiger partial charge in [0.25, 0.3) is 0 Å². The van der Waals surface area contributed by atoms with Crippen molar-refractivity contribution in [3.05, 3.63) is 10.8 Å². The van der Waals surface area contributed by atoms with Crippen molar-refractivity contribution in [2.75, 3.05) is 31.7 Å². The lowest BCUT2D eigenvalue weighted by molar-refractivity contribution is 0.0804. The van der Waals surface area contributed by atoms with Crippen LogP contribution in [-0.2, 0) is 4.74 Å². The lowest BCUT2D eigenvalue weighted by Crippen LogP contribution is -2.11. The van der Waals surface area contributed by atoms with Crippen LogP contribution in [0.5, 0.6) is 5.88 Å². The Morgan fingerprint density at radius 2 is 2.11 bits per heavy atom. The second kappa shape index (κ2) is 9.09. The van der Waals surface area contributed by atoms with Gasteiger partial charge in [0.1, 0.15) is 23.2 Å². The summed E-state index contributed by atoms with van der Waals surface area (Å²) in [5.74, 6) is 1.84. The molecule has 5 nitrogen and oxygen atoms in total. The Kier molecular flexibility index (Phi) is 7.74. The van der Waals surface area contributed by atoms with E-state index >= 15 is 0 Å². The largest absolute Gasteiger partial charge is 0.474 e. The highest BCUT2D eigenvalue weighted by molar-refractivity contribution is 9.10. The second-order valence-corrected chi connectivity index (χ2v) is 5.38. The molecule has 1 N–H and O–H groups in total. The normalized spacial score (nSPS) is 10.8. The quantitative estimate of drug-likeness (QED) is 0.704. The van der Waals surface area contributed by atoms with Crippen LogP contribution < -0.4 is 10.1 Å². The summed E-state index contributed by atoms with van der Waals surface area (Å²) in [4.78, 5) is 8.27. The molecule has 1 aromatic heterocycles. The number of nitrogens with zero attached hydrogens (tertiary/aromatic N) is 2. The van der Waals surface area contributed by atoms with Crippen LogP contribution in [0.3, 0.4) is 0 Å². The highest BCUT2D eigenvalue weighted by Crippen LogP contribution is 2.28. The molecule has 0 bridgehead atoms. The van der Waals surface area contributed by atoms with Crippen molar-refractivity contribution < 1.29 is 9.47 Å². The van der Waals surface area contributed by atoms with Crippen molar-refractivity contribution in [2.24, 2.45) is 5.92 Å². The minimum atomic E-state index is 0.482. The van der Waals surface area contributed by atoms with E-state index in [1.807, 2.05) is 0 Å². The molecule has 0 aliphatic rings. The molecule has 0 aromatic carbocycles. The number of hydrogen-bond acceptors (Lipinski definition) is 5. The topological polar surface area (TPSA) is 56.3 Å². The molecule has 0 amide bonds. The predicted octanol–water partition coefficient (Wildman–Crippen LogP) is 3.11. The van der Waals surface area contributed by atoms with E-state index in [9.17, 15) is 0 Å². The average molecular weight is 332 g/mol. The van der Waals surface area contributed by atoms with Gasteiger partial charge in [0.2, 0.25) is 5.88 Å². The first-order valence-electron chi connectivity index (χ1n) is 6.60. The summed E-state index contributed by atoms with van der Waals surface area (Å²) >= 11 is 3.45. The number of rotatable bonds is 9. The fourth-order valence-corrected chi connectivity index (χ4v) is 1.80. The highest BCUT2D eigenvalue weighted by Gasteiger charge is 2.09. The van der Waals surface area contributed by atoms with Gasteiger partial charge in [-0.1, -0.05) is 20.8 Å². The van der Waals surface area contributed by atoms with Crippen molar-refractivity contribution in [1.29, 1.82) is 0 Å². The molecule has 0 saturated carbocycles. The van der Waals surface area contributed by atoms with Gasteiger partial charge in [0.05, 0.1) is 6.61 Å². The van der Waals surface area contributed by atoms with Gasteiger partial charge in [-0.05, 0) is 28.3 Å². The van der Waals surface area contributed by atoms with Gasteiger partial charge in [-0.15, -0.1) is 0 Å². The van der Waals surface area contributed by atoms with Crippen molar-refractivity contribution in [3.63, 3.8) is 0 Å². The van der Waals surface area contributed by atoms with Crippen molar-refractivity contribution in [2.45, 2.75) is 27.2 Å². The second-order valence-electron chi connectivity index (χ2n) is 4.59. The third-order valence-corrected chi connectivity index (χ3v) is 2.93. The summed E-state index contributed by atoms with van der Waals surface area (Å²) in [5, 5.41) is 3.21. The van der Waals surface area contributed by atoms with E-state index in [1.165, 1.54) is 6.33 Å². The van der Waals surface area contributed by atoms with Crippen LogP contribution in [0.4, 0.5) is 5.82 Å². The summed E-state index contributed by atoms with van der Waals surface area (Å²) < 4.78 is 11.8. The van der Waals surface area contributed by atoms with Gasteiger partial charge < -0.3 is 14.8 Å². The first-order chi connectivity index (χ1) is 9.15. The molecule has 0 saturated heterocycles. The Balaban J connectivity index is 2.40. The zero-order chi connectivity index (χ0) is 14.1. The molecular formula is C13H22BrN3O2. The Hall–Kier alpha value is -0.880. The Labute approximate surface area is 123 Å². The van der Waals surface area contributed by atoms with Crippen LogP contribution in [0.25, 0.3) is 0 Å². The van der Waals surface area contributed by atoms with Crippen LogP contribution >= 0.6 is 15.9 Å². The lowest BCUT2D eigenvalue weighted by atomic mass is 10.2. The van der Waals surface area contributed by atoms with E-state index in [-0.39, 0.29) is 0 Å². The Bertz CT molecular complexity index is 375. The van der Waals surface area contributed by atoms with Crippen molar-refractivity contribution in [3.8, 4) is 5.88 Å². The Morgan fingerprint density at radius 1 is 1.32 bits per heavy atom. The summed E-state index contributed by atoms with van der Waals surface area (Å²) in [7, 11) is 0. The molecule has 1 rings (SSSR count). The van der Waals surface area contributed by atoms with Gasteiger partial charge in [-0.3, -0.25) is 0 Å². The molecule has 0 radical (unpaired) electrons.